The number of alkyl halides is 3. The van der Waals surface area contributed by atoms with Crippen molar-refractivity contribution in [2.24, 2.45) is 0 Å². The van der Waals surface area contributed by atoms with Gasteiger partial charge in [-0.15, -0.1) is 0 Å². The summed E-state index contributed by atoms with van der Waals surface area (Å²) in [7, 11) is 0. The van der Waals surface area contributed by atoms with Gasteiger partial charge in [-0.1, -0.05) is 11.6 Å². The van der Waals surface area contributed by atoms with Crippen molar-refractivity contribution in [3.8, 4) is 0 Å². The van der Waals surface area contributed by atoms with Crippen LogP contribution in [0.1, 0.15) is 11.3 Å². The summed E-state index contributed by atoms with van der Waals surface area (Å²) in [6, 6.07) is 3.59. The predicted octanol–water partition coefficient (Wildman–Crippen LogP) is 3.01. The Morgan fingerprint density at radius 3 is 2.81 bits per heavy atom. The van der Waals surface area contributed by atoms with Crippen molar-refractivity contribution in [2.75, 3.05) is 11.9 Å². The lowest BCUT2D eigenvalue weighted by atomic mass is 9.89. The van der Waals surface area contributed by atoms with Crippen LogP contribution in [0.5, 0.6) is 0 Å². The van der Waals surface area contributed by atoms with Gasteiger partial charge in [-0.05, 0) is 18.2 Å². The van der Waals surface area contributed by atoms with Crippen LogP contribution >= 0.6 is 11.6 Å². The van der Waals surface area contributed by atoms with Crippen molar-refractivity contribution < 1.29 is 31.9 Å². The lowest BCUT2D eigenvalue weighted by Gasteiger charge is -2.39. The average Bonchev–Trinajstić information content (AvgIpc) is 3.05. The number of nitrogens with one attached hydrogen (secondary N) is 2. The summed E-state index contributed by atoms with van der Waals surface area (Å²) in [6.45, 7) is -1.02. The molecule has 3 rings (SSSR count). The van der Waals surface area contributed by atoms with Gasteiger partial charge in [0.1, 0.15) is 5.76 Å². The number of carbonyl (C=O) groups is 2. The molecule has 0 spiro atoms. The third kappa shape index (κ3) is 3.32. The number of hydrogen-bond donors (Lipinski definition) is 2. The molecule has 1 aliphatic heterocycles. The first kappa shape index (κ1) is 18.1. The maximum Gasteiger partial charge on any atom is 0.434 e. The van der Waals surface area contributed by atoms with Gasteiger partial charge in [0, 0.05) is 10.6 Å². The van der Waals surface area contributed by atoms with Gasteiger partial charge in [0.15, 0.2) is 6.39 Å². The van der Waals surface area contributed by atoms with Gasteiger partial charge in [-0.2, -0.15) is 13.2 Å². The monoisotopic (exact) mass is 389 g/mol. The SMILES string of the molecule is O=C(Cc1cnco1)NCC1(C(F)(F)F)OC(=O)Nc2ccc(Cl)cc21. The third-order valence-corrected chi connectivity index (χ3v) is 3.97. The summed E-state index contributed by atoms with van der Waals surface area (Å²) < 4.78 is 51.1. The highest BCUT2D eigenvalue weighted by Gasteiger charge is 2.62. The summed E-state index contributed by atoms with van der Waals surface area (Å²) >= 11 is 5.81. The van der Waals surface area contributed by atoms with Crippen molar-refractivity contribution in [3.05, 3.63) is 47.1 Å². The van der Waals surface area contributed by atoms with Gasteiger partial charge in [0.25, 0.3) is 5.60 Å². The van der Waals surface area contributed by atoms with Crippen LogP contribution in [0.2, 0.25) is 5.02 Å². The fourth-order valence-corrected chi connectivity index (χ4v) is 2.70. The van der Waals surface area contributed by atoms with Crippen LogP contribution < -0.4 is 10.6 Å². The lowest BCUT2D eigenvalue weighted by molar-refractivity contribution is -0.262. The van der Waals surface area contributed by atoms with Crippen molar-refractivity contribution in [1.29, 1.82) is 0 Å². The average molecular weight is 390 g/mol. The number of anilines is 1. The quantitative estimate of drug-likeness (QED) is 0.838. The number of ether oxygens (including phenoxy) is 1. The Hall–Kier alpha value is -2.75. The molecule has 7 nitrogen and oxygen atoms in total. The first-order chi connectivity index (χ1) is 12.2. The van der Waals surface area contributed by atoms with Gasteiger partial charge in [-0.25, -0.2) is 9.78 Å². The second kappa shape index (κ2) is 6.52. The van der Waals surface area contributed by atoms with E-state index < -0.39 is 35.9 Å². The van der Waals surface area contributed by atoms with Crippen LogP contribution in [0.25, 0.3) is 0 Å². The number of amides is 2. The molecule has 0 fully saturated rings. The smallest absolute Gasteiger partial charge is 0.434 e. The van der Waals surface area contributed by atoms with E-state index >= 15 is 0 Å². The number of carbonyl (C=O) groups excluding carboxylic acids is 2. The van der Waals surface area contributed by atoms with Crippen molar-refractivity contribution >= 4 is 29.3 Å². The summed E-state index contributed by atoms with van der Waals surface area (Å²) in [6.07, 6.45) is -4.26. The topological polar surface area (TPSA) is 93.5 Å². The Morgan fingerprint density at radius 1 is 1.38 bits per heavy atom. The Labute approximate surface area is 149 Å². The zero-order valence-corrected chi connectivity index (χ0v) is 13.6. The van der Waals surface area contributed by atoms with E-state index in [0.717, 1.165) is 12.5 Å². The highest BCUT2D eigenvalue weighted by molar-refractivity contribution is 6.30. The number of hydrogen-bond acceptors (Lipinski definition) is 5. The Balaban J connectivity index is 1.92. The minimum absolute atomic E-state index is 0.0186. The molecule has 2 heterocycles. The van der Waals surface area contributed by atoms with Gasteiger partial charge in [-0.3, -0.25) is 10.1 Å². The van der Waals surface area contributed by atoms with Crippen LogP contribution in [0.3, 0.4) is 0 Å². The normalized spacial score (nSPS) is 19.3. The zero-order valence-electron chi connectivity index (χ0n) is 12.9. The molecule has 1 unspecified atom stereocenters. The summed E-state index contributed by atoms with van der Waals surface area (Å²) in [5, 5.41) is 4.32. The van der Waals surface area contributed by atoms with Crippen LogP contribution in [0.15, 0.2) is 35.2 Å². The highest BCUT2D eigenvalue weighted by Crippen LogP contribution is 2.47. The largest absolute Gasteiger partial charge is 0.448 e. The van der Waals surface area contributed by atoms with E-state index in [0.29, 0.717) is 0 Å². The van der Waals surface area contributed by atoms with Crippen LogP contribution in [-0.4, -0.2) is 29.7 Å². The molecule has 1 aliphatic rings. The first-order valence-electron chi connectivity index (χ1n) is 7.22. The molecule has 0 saturated heterocycles. The van der Waals surface area contributed by atoms with E-state index in [1.165, 1.54) is 18.3 Å². The first-order valence-corrected chi connectivity index (χ1v) is 7.60. The number of oxazole rings is 1. The molecule has 0 bridgehead atoms. The molecule has 1 aromatic carbocycles. The Bertz CT molecular complexity index is 841. The molecule has 0 aliphatic carbocycles. The number of nitrogens with zero attached hydrogens (tertiary/aromatic N) is 1. The second-order valence-electron chi connectivity index (χ2n) is 5.45. The van der Waals surface area contributed by atoms with Gasteiger partial charge >= 0.3 is 12.3 Å². The summed E-state index contributed by atoms with van der Waals surface area (Å²) in [4.78, 5) is 27.2. The molecule has 0 radical (unpaired) electrons. The predicted molar refractivity (Wildman–Crippen MR) is 82.5 cm³/mol. The molecule has 1 aromatic heterocycles. The minimum atomic E-state index is -5.01. The molecule has 138 valence electrons. The lowest BCUT2D eigenvalue weighted by Crippen LogP contribution is -2.56. The molecule has 26 heavy (non-hydrogen) atoms. The van der Waals surface area contributed by atoms with E-state index in [2.05, 4.69) is 20.4 Å². The number of cyclic esters (lactones) is 1. The molecular weight excluding hydrogens is 379 g/mol. The van der Waals surface area contributed by atoms with E-state index in [1.54, 1.807) is 0 Å². The number of benzene rings is 1. The number of aromatic nitrogens is 1. The van der Waals surface area contributed by atoms with Crippen LogP contribution in [0, 0.1) is 0 Å². The highest BCUT2D eigenvalue weighted by atomic mass is 35.5. The van der Waals surface area contributed by atoms with Crippen molar-refractivity contribution in [3.63, 3.8) is 0 Å². The number of fused-ring (bicyclic) bond motifs is 1. The molecular formula is C15H11ClF3N3O4. The molecule has 11 heteroatoms. The fraction of sp³-hybridized carbons (Fsp3) is 0.267. The summed E-state index contributed by atoms with van der Waals surface area (Å²) in [5.41, 5.74) is -3.59. The summed E-state index contributed by atoms with van der Waals surface area (Å²) in [5.74, 6) is -0.585. The molecule has 2 aromatic rings. The standard InChI is InChI=1S/C15H11ClF3N3O4/c16-8-1-2-11-10(3-8)14(15(17,18)19,26-13(24)22-11)6-21-12(23)4-9-5-20-7-25-9/h1-3,5,7H,4,6H2,(H,21,23)(H,22,24). The third-order valence-electron chi connectivity index (χ3n) is 3.73. The minimum Gasteiger partial charge on any atom is -0.448 e. The Morgan fingerprint density at radius 2 is 2.15 bits per heavy atom. The van der Waals surface area contributed by atoms with E-state index in [-0.39, 0.29) is 22.9 Å². The fourth-order valence-electron chi connectivity index (χ4n) is 2.52. The van der Waals surface area contributed by atoms with E-state index in [1.807, 2.05) is 0 Å². The van der Waals surface area contributed by atoms with Gasteiger partial charge in [0.2, 0.25) is 5.91 Å². The number of rotatable bonds is 4. The second-order valence-corrected chi connectivity index (χ2v) is 5.89. The molecule has 1 atom stereocenters. The van der Waals surface area contributed by atoms with E-state index in [4.69, 9.17) is 16.0 Å². The molecule has 2 amide bonds. The molecule has 2 N–H and O–H groups in total. The molecule has 0 saturated carbocycles. The maximum atomic E-state index is 13.9. The maximum absolute atomic E-state index is 13.9. The number of halogens is 4. The van der Waals surface area contributed by atoms with Crippen LogP contribution in [-0.2, 0) is 21.6 Å². The van der Waals surface area contributed by atoms with Crippen LogP contribution in [0.4, 0.5) is 23.7 Å². The van der Waals surface area contributed by atoms with Gasteiger partial charge < -0.3 is 14.5 Å². The van der Waals surface area contributed by atoms with Gasteiger partial charge in [0.05, 0.1) is 24.8 Å². The van der Waals surface area contributed by atoms with E-state index in [9.17, 15) is 22.8 Å². The zero-order chi connectivity index (χ0) is 18.9. The van der Waals surface area contributed by atoms with Crippen molar-refractivity contribution in [2.45, 2.75) is 18.2 Å². The van der Waals surface area contributed by atoms with Crippen molar-refractivity contribution in [1.82, 2.24) is 10.3 Å². The Kier molecular flexibility index (Phi) is 4.53.